The monoisotopic (exact) mass is 276 g/mol. The fourth-order valence-corrected chi connectivity index (χ4v) is 2.00. The summed E-state index contributed by atoms with van der Waals surface area (Å²) in [7, 11) is 0. The second-order valence-corrected chi connectivity index (χ2v) is 5.89. The molecule has 0 aliphatic carbocycles. The first-order chi connectivity index (χ1) is 9.45. The fraction of sp³-hybridized carbons (Fsp3) is 0.632. The number of Topliss-reactive ketones (excluding diaryl/α,β-unsaturated/α-hetero) is 1. The van der Waals surface area contributed by atoms with Gasteiger partial charge in [-0.1, -0.05) is 41.9 Å². The van der Waals surface area contributed by atoms with Crippen LogP contribution in [0.4, 0.5) is 0 Å². The molecule has 1 nitrogen and oxygen atoms in total. The lowest BCUT2D eigenvalue weighted by atomic mass is 10.0. The zero-order chi connectivity index (χ0) is 15.4. The van der Waals surface area contributed by atoms with Crippen molar-refractivity contribution in [3.63, 3.8) is 0 Å². The van der Waals surface area contributed by atoms with E-state index >= 15 is 0 Å². The lowest BCUT2D eigenvalue weighted by Crippen LogP contribution is -1.93. The van der Waals surface area contributed by atoms with Crippen LogP contribution >= 0.6 is 0 Å². The van der Waals surface area contributed by atoms with Gasteiger partial charge in [0.25, 0.3) is 0 Å². The van der Waals surface area contributed by atoms with Crippen LogP contribution in [-0.4, -0.2) is 5.78 Å². The van der Waals surface area contributed by atoms with Crippen LogP contribution < -0.4 is 0 Å². The summed E-state index contributed by atoms with van der Waals surface area (Å²) in [5.41, 5.74) is 4.29. The van der Waals surface area contributed by atoms with Crippen LogP contribution in [0.3, 0.4) is 0 Å². The lowest BCUT2D eigenvalue weighted by molar-refractivity contribution is -0.118. The smallest absolute Gasteiger partial charge is 0.132 e. The Kier molecular flexibility index (Phi) is 11.0. The molecular weight excluding hydrogens is 244 g/mol. The van der Waals surface area contributed by atoms with Crippen LogP contribution in [0, 0.1) is 0 Å². The minimum Gasteiger partial charge on any atom is -0.300 e. The third-order valence-corrected chi connectivity index (χ3v) is 3.43. The SMILES string of the molecule is CCC(=O)CC/C=C(\C)CC/C=C(\C)CCC=C(C)C. The van der Waals surface area contributed by atoms with Crippen LogP contribution in [0.1, 0.15) is 79.6 Å². The average Bonchev–Trinajstić information content (AvgIpc) is 2.38. The van der Waals surface area contributed by atoms with Crippen LogP contribution in [-0.2, 0) is 4.79 Å². The molecule has 0 heterocycles. The lowest BCUT2D eigenvalue weighted by Gasteiger charge is -2.01. The second-order valence-electron chi connectivity index (χ2n) is 5.89. The first-order valence-electron chi connectivity index (χ1n) is 7.92. The summed E-state index contributed by atoms with van der Waals surface area (Å²) >= 11 is 0. The molecule has 0 aromatic rings. The molecule has 0 aliphatic rings. The van der Waals surface area contributed by atoms with E-state index in [2.05, 4.69) is 45.9 Å². The van der Waals surface area contributed by atoms with Crippen LogP contribution in [0.15, 0.2) is 34.9 Å². The molecule has 0 aliphatic heterocycles. The van der Waals surface area contributed by atoms with E-state index in [9.17, 15) is 4.79 Å². The molecule has 0 aromatic heterocycles. The van der Waals surface area contributed by atoms with Gasteiger partial charge in [0.15, 0.2) is 0 Å². The van der Waals surface area contributed by atoms with Gasteiger partial charge in [0.05, 0.1) is 0 Å². The highest BCUT2D eigenvalue weighted by atomic mass is 16.1. The molecule has 0 fully saturated rings. The molecule has 0 spiro atoms. The summed E-state index contributed by atoms with van der Waals surface area (Å²) in [6.45, 7) is 10.6. The van der Waals surface area contributed by atoms with Gasteiger partial charge in [-0.2, -0.15) is 0 Å². The zero-order valence-electron chi connectivity index (χ0n) is 14.1. The van der Waals surface area contributed by atoms with Gasteiger partial charge in [-0.25, -0.2) is 0 Å². The van der Waals surface area contributed by atoms with Gasteiger partial charge in [-0.05, 0) is 59.8 Å². The third kappa shape index (κ3) is 12.0. The molecule has 0 radical (unpaired) electrons. The molecule has 0 saturated carbocycles. The molecule has 20 heavy (non-hydrogen) atoms. The van der Waals surface area contributed by atoms with Gasteiger partial charge >= 0.3 is 0 Å². The van der Waals surface area contributed by atoms with Gasteiger partial charge in [0.2, 0.25) is 0 Å². The van der Waals surface area contributed by atoms with E-state index in [-0.39, 0.29) is 0 Å². The van der Waals surface area contributed by atoms with Crippen molar-refractivity contribution in [2.75, 3.05) is 0 Å². The highest BCUT2D eigenvalue weighted by Crippen LogP contribution is 2.12. The average molecular weight is 276 g/mol. The minimum atomic E-state index is 0.365. The maximum atomic E-state index is 11.2. The molecule has 0 saturated heterocycles. The highest BCUT2D eigenvalue weighted by Gasteiger charge is 1.96. The molecule has 0 bridgehead atoms. The topological polar surface area (TPSA) is 17.1 Å². The molecule has 0 rings (SSSR count). The van der Waals surface area contributed by atoms with E-state index in [0.29, 0.717) is 18.6 Å². The first-order valence-corrected chi connectivity index (χ1v) is 7.92. The standard InChI is InChI=1S/C19H32O/c1-6-19(20)15-9-14-18(5)13-8-12-17(4)11-7-10-16(2)3/h10,12,14H,6-9,11,13,15H2,1-5H3/b17-12+,18-14+. The quantitative estimate of drug-likeness (QED) is 0.436. The van der Waals surface area contributed by atoms with Crippen molar-refractivity contribution in [1.29, 1.82) is 0 Å². The Morgan fingerprint density at radius 2 is 1.20 bits per heavy atom. The summed E-state index contributed by atoms with van der Waals surface area (Å²) < 4.78 is 0. The predicted octanol–water partition coefficient (Wildman–Crippen LogP) is 6.16. The van der Waals surface area contributed by atoms with Crippen LogP contribution in [0.5, 0.6) is 0 Å². The summed E-state index contributed by atoms with van der Waals surface area (Å²) in [4.78, 5) is 11.2. The van der Waals surface area contributed by atoms with Crippen LogP contribution in [0.25, 0.3) is 0 Å². The highest BCUT2D eigenvalue weighted by molar-refractivity contribution is 5.78. The van der Waals surface area contributed by atoms with Crippen molar-refractivity contribution in [3.8, 4) is 0 Å². The molecule has 0 N–H and O–H groups in total. The molecular formula is C19H32O. The second kappa shape index (κ2) is 11.7. The number of rotatable bonds is 10. The van der Waals surface area contributed by atoms with Gasteiger partial charge in [-0.3, -0.25) is 4.79 Å². The minimum absolute atomic E-state index is 0.365. The summed E-state index contributed by atoms with van der Waals surface area (Å²) in [5, 5.41) is 0. The molecule has 114 valence electrons. The maximum Gasteiger partial charge on any atom is 0.132 e. The van der Waals surface area contributed by atoms with Crippen molar-refractivity contribution in [3.05, 3.63) is 34.9 Å². The summed E-state index contributed by atoms with van der Waals surface area (Å²) in [6, 6.07) is 0. The van der Waals surface area contributed by atoms with E-state index in [1.54, 1.807) is 0 Å². The van der Waals surface area contributed by atoms with Crippen LogP contribution in [0.2, 0.25) is 0 Å². The van der Waals surface area contributed by atoms with Crippen molar-refractivity contribution in [2.45, 2.75) is 79.6 Å². The van der Waals surface area contributed by atoms with Gasteiger partial charge in [-0.15, -0.1) is 0 Å². The van der Waals surface area contributed by atoms with Gasteiger partial charge in [0.1, 0.15) is 5.78 Å². The number of ketones is 1. The molecule has 0 unspecified atom stereocenters. The maximum absolute atomic E-state index is 11.2. The number of hydrogen-bond acceptors (Lipinski definition) is 1. The number of hydrogen-bond donors (Lipinski definition) is 0. The first kappa shape index (κ1) is 18.9. The van der Waals surface area contributed by atoms with E-state index in [0.717, 1.165) is 25.7 Å². The normalized spacial score (nSPS) is 12.4. The largest absolute Gasteiger partial charge is 0.300 e. The molecule has 0 atom stereocenters. The van der Waals surface area contributed by atoms with E-state index < -0.39 is 0 Å². The Hall–Kier alpha value is -1.11. The van der Waals surface area contributed by atoms with Crippen molar-refractivity contribution >= 4 is 5.78 Å². The summed E-state index contributed by atoms with van der Waals surface area (Å²) in [6.07, 6.45) is 13.7. The van der Waals surface area contributed by atoms with E-state index in [4.69, 9.17) is 0 Å². The van der Waals surface area contributed by atoms with Crippen molar-refractivity contribution in [1.82, 2.24) is 0 Å². The van der Waals surface area contributed by atoms with E-state index in [1.165, 1.54) is 23.1 Å². The van der Waals surface area contributed by atoms with Gasteiger partial charge < -0.3 is 0 Å². The third-order valence-electron chi connectivity index (χ3n) is 3.43. The summed E-state index contributed by atoms with van der Waals surface area (Å²) in [5.74, 6) is 0.365. The number of allylic oxidation sites excluding steroid dienone is 6. The molecule has 0 aromatic carbocycles. The molecule has 1 heteroatoms. The number of carbonyl (C=O) groups excluding carboxylic acids is 1. The Labute approximate surface area is 125 Å². The van der Waals surface area contributed by atoms with E-state index in [1.807, 2.05) is 6.92 Å². The molecule has 0 amide bonds. The Morgan fingerprint density at radius 1 is 0.750 bits per heavy atom. The Morgan fingerprint density at radius 3 is 1.65 bits per heavy atom. The Balaban J connectivity index is 3.88. The predicted molar refractivity (Wildman–Crippen MR) is 89.9 cm³/mol. The zero-order valence-corrected chi connectivity index (χ0v) is 14.1. The van der Waals surface area contributed by atoms with Crippen molar-refractivity contribution < 1.29 is 4.79 Å². The Bertz CT molecular complexity index is 365. The van der Waals surface area contributed by atoms with Crippen molar-refractivity contribution in [2.24, 2.45) is 0 Å². The number of carbonyl (C=O) groups is 1. The van der Waals surface area contributed by atoms with Gasteiger partial charge in [0, 0.05) is 12.8 Å². The fourth-order valence-electron chi connectivity index (χ4n) is 2.00.